The number of carboxylic acids is 1. The number of carbonyl (C=O) groups excluding carboxylic acids is 1. The van der Waals surface area contributed by atoms with Gasteiger partial charge in [0.15, 0.2) is 0 Å². The summed E-state index contributed by atoms with van der Waals surface area (Å²) in [7, 11) is 0. The summed E-state index contributed by atoms with van der Waals surface area (Å²) in [6.45, 7) is 6.24. The Hall–Kier alpha value is -3.16. The molecule has 0 unspecified atom stereocenters. The molecule has 1 atom stereocenters. The number of amides is 1. The highest BCUT2D eigenvalue weighted by molar-refractivity contribution is 6.05. The first-order valence-corrected chi connectivity index (χ1v) is 10.2. The Morgan fingerprint density at radius 3 is 2.50 bits per heavy atom. The molecule has 7 nitrogen and oxygen atoms in total. The molecule has 0 spiro atoms. The molecule has 7 heteroatoms. The number of carboxylic acid groups (broad SMARTS) is 1. The molecule has 1 amide bonds. The second kappa shape index (κ2) is 8.69. The van der Waals surface area contributed by atoms with Crippen LogP contribution >= 0.6 is 0 Å². The standard InChI is InChI=1S/C23H26N4O3/c1-2-26-10-12-27(13-11-26)21(23(29)30)19-15-24-20-9-8-17(14-18(19)20)25-22(28)16-6-4-3-5-7-16/h3-9,14-15,21,24H,2,10-13H2,1H3,(H,25,28)(H,29,30)/t21-/m1/s1. The quantitative estimate of drug-likeness (QED) is 0.585. The van der Waals surface area contributed by atoms with E-state index < -0.39 is 12.0 Å². The summed E-state index contributed by atoms with van der Waals surface area (Å²) in [6, 6.07) is 13.8. The van der Waals surface area contributed by atoms with Gasteiger partial charge in [-0.15, -0.1) is 0 Å². The van der Waals surface area contributed by atoms with Crippen molar-refractivity contribution in [1.82, 2.24) is 14.8 Å². The van der Waals surface area contributed by atoms with Crippen molar-refractivity contribution in [2.24, 2.45) is 0 Å². The van der Waals surface area contributed by atoms with Crippen LogP contribution in [0.15, 0.2) is 54.7 Å². The lowest BCUT2D eigenvalue weighted by molar-refractivity contribution is -0.144. The van der Waals surface area contributed by atoms with Gasteiger partial charge in [0, 0.05) is 60.1 Å². The van der Waals surface area contributed by atoms with E-state index in [1.807, 2.05) is 41.3 Å². The highest BCUT2D eigenvalue weighted by atomic mass is 16.4. The monoisotopic (exact) mass is 406 g/mol. The Bertz CT molecular complexity index is 1040. The maximum atomic E-state index is 12.5. The van der Waals surface area contributed by atoms with E-state index in [0.717, 1.165) is 36.1 Å². The molecular formula is C23H26N4O3. The predicted octanol–water partition coefficient (Wildman–Crippen LogP) is 3.18. The smallest absolute Gasteiger partial charge is 0.325 e. The summed E-state index contributed by atoms with van der Waals surface area (Å²) < 4.78 is 0. The first-order valence-electron chi connectivity index (χ1n) is 10.2. The van der Waals surface area contributed by atoms with E-state index in [-0.39, 0.29) is 5.91 Å². The van der Waals surface area contributed by atoms with Gasteiger partial charge in [0.05, 0.1) is 0 Å². The van der Waals surface area contributed by atoms with Crippen molar-refractivity contribution in [2.75, 3.05) is 38.0 Å². The van der Waals surface area contributed by atoms with Crippen LogP contribution < -0.4 is 5.32 Å². The predicted molar refractivity (Wildman–Crippen MR) is 117 cm³/mol. The average Bonchev–Trinajstić information content (AvgIpc) is 3.17. The number of rotatable bonds is 6. The van der Waals surface area contributed by atoms with Gasteiger partial charge in [-0.1, -0.05) is 25.1 Å². The second-order valence-corrected chi connectivity index (χ2v) is 7.54. The SMILES string of the molecule is CCN1CCN([C@@H](C(=O)O)c2c[nH]c3ccc(NC(=O)c4ccccc4)cc23)CC1. The van der Waals surface area contributed by atoms with E-state index >= 15 is 0 Å². The van der Waals surface area contributed by atoms with Crippen LogP contribution in [-0.4, -0.2) is 64.5 Å². The molecule has 4 rings (SSSR count). The van der Waals surface area contributed by atoms with Crippen LogP contribution in [-0.2, 0) is 4.79 Å². The molecule has 30 heavy (non-hydrogen) atoms. The maximum Gasteiger partial charge on any atom is 0.325 e. The average molecular weight is 406 g/mol. The summed E-state index contributed by atoms with van der Waals surface area (Å²) >= 11 is 0. The molecule has 2 aromatic carbocycles. The third-order valence-electron chi connectivity index (χ3n) is 5.76. The van der Waals surface area contributed by atoms with Gasteiger partial charge in [-0.05, 0) is 36.9 Å². The van der Waals surface area contributed by atoms with Gasteiger partial charge in [0.1, 0.15) is 6.04 Å². The Morgan fingerprint density at radius 1 is 1.10 bits per heavy atom. The molecule has 1 fully saturated rings. The van der Waals surface area contributed by atoms with Crippen LogP contribution in [0, 0.1) is 0 Å². The van der Waals surface area contributed by atoms with Crippen molar-refractivity contribution < 1.29 is 14.7 Å². The fourth-order valence-corrected chi connectivity index (χ4v) is 4.06. The van der Waals surface area contributed by atoms with E-state index in [4.69, 9.17) is 0 Å². The Balaban J connectivity index is 1.61. The number of H-pyrrole nitrogens is 1. The van der Waals surface area contributed by atoms with Crippen LogP contribution in [0.3, 0.4) is 0 Å². The van der Waals surface area contributed by atoms with Gasteiger partial charge in [-0.3, -0.25) is 14.5 Å². The fourth-order valence-electron chi connectivity index (χ4n) is 4.06. The van der Waals surface area contributed by atoms with Gasteiger partial charge in [-0.25, -0.2) is 0 Å². The van der Waals surface area contributed by atoms with Crippen LogP contribution in [0.4, 0.5) is 5.69 Å². The normalized spacial score (nSPS) is 16.4. The zero-order valence-electron chi connectivity index (χ0n) is 17.0. The van der Waals surface area contributed by atoms with E-state index in [9.17, 15) is 14.7 Å². The molecule has 0 saturated carbocycles. The fraction of sp³-hybridized carbons (Fsp3) is 0.304. The minimum Gasteiger partial charge on any atom is -0.480 e. The van der Waals surface area contributed by atoms with Gasteiger partial charge in [0.2, 0.25) is 0 Å². The molecule has 1 aliphatic rings. The number of benzene rings is 2. The molecule has 0 radical (unpaired) electrons. The minimum absolute atomic E-state index is 0.197. The molecule has 2 heterocycles. The Labute approximate surface area is 175 Å². The number of aromatic nitrogens is 1. The second-order valence-electron chi connectivity index (χ2n) is 7.54. The number of fused-ring (bicyclic) bond motifs is 1. The van der Waals surface area contributed by atoms with Crippen molar-refractivity contribution >= 4 is 28.5 Å². The first-order chi connectivity index (χ1) is 14.6. The number of anilines is 1. The van der Waals surface area contributed by atoms with Crippen molar-refractivity contribution in [1.29, 1.82) is 0 Å². The number of aromatic amines is 1. The molecule has 1 aromatic heterocycles. The van der Waals surface area contributed by atoms with Gasteiger partial charge in [-0.2, -0.15) is 0 Å². The third-order valence-corrected chi connectivity index (χ3v) is 5.76. The van der Waals surface area contributed by atoms with E-state index in [1.54, 1.807) is 18.3 Å². The Kier molecular flexibility index (Phi) is 5.83. The minimum atomic E-state index is -0.862. The van der Waals surface area contributed by atoms with E-state index in [0.29, 0.717) is 24.3 Å². The van der Waals surface area contributed by atoms with E-state index in [1.165, 1.54) is 0 Å². The molecule has 3 aromatic rings. The van der Waals surface area contributed by atoms with Gasteiger partial charge < -0.3 is 20.3 Å². The van der Waals surface area contributed by atoms with E-state index in [2.05, 4.69) is 22.1 Å². The summed E-state index contributed by atoms with van der Waals surface area (Å²) in [4.78, 5) is 32.2. The van der Waals surface area contributed by atoms with Crippen molar-refractivity contribution in [2.45, 2.75) is 13.0 Å². The number of aliphatic carboxylic acids is 1. The lowest BCUT2D eigenvalue weighted by Gasteiger charge is -2.37. The van der Waals surface area contributed by atoms with Crippen molar-refractivity contribution in [3.8, 4) is 0 Å². The summed E-state index contributed by atoms with van der Waals surface area (Å²) in [6.07, 6.45) is 1.78. The van der Waals surface area contributed by atoms with Gasteiger partial charge in [0.25, 0.3) is 5.91 Å². The lowest BCUT2D eigenvalue weighted by Crippen LogP contribution is -2.49. The molecular weight excluding hydrogens is 380 g/mol. The van der Waals surface area contributed by atoms with Crippen LogP contribution in [0.1, 0.15) is 28.9 Å². The topological polar surface area (TPSA) is 88.7 Å². The van der Waals surface area contributed by atoms with Crippen LogP contribution in [0.2, 0.25) is 0 Å². The van der Waals surface area contributed by atoms with Crippen molar-refractivity contribution in [3.05, 3.63) is 65.9 Å². The Morgan fingerprint density at radius 2 is 1.83 bits per heavy atom. The first kappa shape index (κ1) is 20.1. The summed E-state index contributed by atoms with van der Waals surface area (Å²) in [5.41, 5.74) is 2.78. The largest absolute Gasteiger partial charge is 0.480 e. The zero-order chi connectivity index (χ0) is 21.1. The summed E-state index contributed by atoms with van der Waals surface area (Å²) in [5, 5.41) is 13.7. The number of likely N-dealkylation sites (N-methyl/N-ethyl adjacent to an activating group) is 1. The van der Waals surface area contributed by atoms with Crippen LogP contribution in [0.25, 0.3) is 10.9 Å². The number of hydrogen-bond acceptors (Lipinski definition) is 4. The van der Waals surface area contributed by atoms with Crippen LogP contribution in [0.5, 0.6) is 0 Å². The molecule has 0 bridgehead atoms. The molecule has 1 saturated heterocycles. The van der Waals surface area contributed by atoms with Gasteiger partial charge >= 0.3 is 5.97 Å². The molecule has 0 aliphatic carbocycles. The highest BCUT2D eigenvalue weighted by Crippen LogP contribution is 2.31. The number of nitrogens with zero attached hydrogens (tertiary/aromatic N) is 2. The summed E-state index contributed by atoms with van der Waals surface area (Å²) in [5.74, 6) is -1.06. The lowest BCUT2D eigenvalue weighted by atomic mass is 10.0. The zero-order valence-corrected chi connectivity index (χ0v) is 17.0. The molecule has 3 N–H and O–H groups in total. The maximum absolute atomic E-state index is 12.5. The number of carbonyl (C=O) groups is 2. The third kappa shape index (κ3) is 4.08. The number of hydrogen-bond donors (Lipinski definition) is 3. The molecule has 1 aliphatic heterocycles. The number of piperazine rings is 1. The number of nitrogens with one attached hydrogen (secondary N) is 2. The highest BCUT2D eigenvalue weighted by Gasteiger charge is 2.31. The van der Waals surface area contributed by atoms with Crippen molar-refractivity contribution in [3.63, 3.8) is 0 Å². The molecule has 156 valence electrons.